The summed E-state index contributed by atoms with van der Waals surface area (Å²) in [5.41, 5.74) is 3.26. The SMILES string of the molecule is CCNC(c1cc(OC)ncn1)c1cccc2c1OCC2. The van der Waals surface area contributed by atoms with Gasteiger partial charge < -0.3 is 14.8 Å². The molecule has 2 aromatic rings. The van der Waals surface area contributed by atoms with Crippen LogP contribution in [0.3, 0.4) is 0 Å². The molecule has 5 heteroatoms. The molecular weight excluding hydrogens is 266 g/mol. The van der Waals surface area contributed by atoms with Crippen LogP contribution >= 0.6 is 0 Å². The standard InChI is InChI=1S/C16H19N3O2/c1-3-17-15(13-9-14(20-2)19-10-18-13)12-6-4-5-11-7-8-21-16(11)12/h4-6,9-10,15,17H,3,7-8H2,1-2H3. The van der Waals surface area contributed by atoms with E-state index in [0.29, 0.717) is 5.88 Å². The number of fused-ring (bicyclic) bond motifs is 1. The van der Waals surface area contributed by atoms with Gasteiger partial charge in [0.1, 0.15) is 12.1 Å². The molecule has 110 valence electrons. The molecule has 1 aromatic heterocycles. The van der Waals surface area contributed by atoms with Gasteiger partial charge in [-0.1, -0.05) is 25.1 Å². The van der Waals surface area contributed by atoms with Crippen LogP contribution in [0.2, 0.25) is 0 Å². The maximum absolute atomic E-state index is 5.82. The van der Waals surface area contributed by atoms with Crippen LogP contribution in [0.1, 0.15) is 29.8 Å². The number of methoxy groups -OCH3 is 1. The zero-order valence-corrected chi connectivity index (χ0v) is 12.3. The Balaban J connectivity index is 2.04. The lowest BCUT2D eigenvalue weighted by Crippen LogP contribution is -2.23. The van der Waals surface area contributed by atoms with E-state index >= 15 is 0 Å². The van der Waals surface area contributed by atoms with E-state index < -0.39 is 0 Å². The Bertz CT molecular complexity index is 631. The number of nitrogens with zero attached hydrogens (tertiary/aromatic N) is 2. The fourth-order valence-corrected chi connectivity index (χ4v) is 2.67. The molecule has 0 saturated heterocycles. The molecule has 0 spiro atoms. The normalized spacial score (nSPS) is 14.4. The minimum absolute atomic E-state index is 0.0278. The van der Waals surface area contributed by atoms with Crippen molar-refractivity contribution in [2.45, 2.75) is 19.4 Å². The van der Waals surface area contributed by atoms with Crippen LogP contribution in [-0.2, 0) is 6.42 Å². The molecule has 0 saturated carbocycles. The van der Waals surface area contributed by atoms with Gasteiger partial charge in [-0.3, -0.25) is 0 Å². The largest absolute Gasteiger partial charge is 0.493 e. The van der Waals surface area contributed by atoms with Crippen LogP contribution in [0.25, 0.3) is 0 Å². The highest BCUT2D eigenvalue weighted by molar-refractivity contribution is 5.48. The number of rotatable bonds is 5. The monoisotopic (exact) mass is 285 g/mol. The van der Waals surface area contributed by atoms with E-state index in [0.717, 1.165) is 36.6 Å². The Hall–Kier alpha value is -2.14. The zero-order valence-electron chi connectivity index (χ0n) is 12.3. The molecule has 5 nitrogen and oxygen atoms in total. The summed E-state index contributed by atoms with van der Waals surface area (Å²) in [6, 6.07) is 8.12. The van der Waals surface area contributed by atoms with Gasteiger partial charge in [-0.05, 0) is 12.1 Å². The Morgan fingerprint density at radius 1 is 1.38 bits per heavy atom. The van der Waals surface area contributed by atoms with Gasteiger partial charge in [0.05, 0.1) is 25.5 Å². The number of hydrogen-bond donors (Lipinski definition) is 1. The first kappa shape index (κ1) is 13.8. The number of benzene rings is 1. The van der Waals surface area contributed by atoms with Crippen molar-refractivity contribution in [2.24, 2.45) is 0 Å². The third-order valence-electron chi connectivity index (χ3n) is 3.63. The van der Waals surface area contributed by atoms with Crippen LogP contribution in [0.5, 0.6) is 11.6 Å². The lowest BCUT2D eigenvalue weighted by Gasteiger charge is -2.20. The van der Waals surface area contributed by atoms with Crippen molar-refractivity contribution in [2.75, 3.05) is 20.3 Å². The van der Waals surface area contributed by atoms with Crippen LogP contribution < -0.4 is 14.8 Å². The molecule has 1 unspecified atom stereocenters. The van der Waals surface area contributed by atoms with E-state index in [4.69, 9.17) is 9.47 Å². The summed E-state index contributed by atoms with van der Waals surface area (Å²) in [4.78, 5) is 8.47. The van der Waals surface area contributed by atoms with Crippen LogP contribution in [0.4, 0.5) is 0 Å². The van der Waals surface area contributed by atoms with Gasteiger partial charge in [-0.2, -0.15) is 0 Å². The van der Waals surface area contributed by atoms with Gasteiger partial charge in [-0.15, -0.1) is 0 Å². The van der Waals surface area contributed by atoms with Gasteiger partial charge in [-0.25, -0.2) is 9.97 Å². The number of aromatic nitrogens is 2. The van der Waals surface area contributed by atoms with Gasteiger partial charge in [0, 0.05) is 18.1 Å². The van der Waals surface area contributed by atoms with Crippen molar-refractivity contribution >= 4 is 0 Å². The lowest BCUT2D eigenvalue weighted by atomic mass is 9.99. The van der Waals surface area contributed by atoms with Gasteiger partial charge in [0.15, 0.2) is 0 Å². The molecule has 0 fully saturated rings. The van der Waals surface area contributed by atoms with Gasteiger partial charge in [0.2, 0.25) is 5.88 Å². The Morgan fingerprint density at radius 3 is 3.10 bits per heavy atom. The average Bonchev–Trinajstić information content (AvgIpc) is 3.01. The van der Waals surface area contributed by atoms with Gasteiger partial charge >= 0.3 is 0 Å². The second kappa shape index (κ2) is 6.10. The molecule has 2 heterocycles. The Kier molecular flexibility index (Phi) is 4.01. The van der Waals surface area contributed by atoms with Crippen molar-refractivity contribution in [3.63, 3.8) is 0 Å². The minimum Gasteiger partial charge on any atom is -0.493 e. The first-order chi connectivity index (χ1) is 10.3. The van der Waals surface area contributed by atoms with Crippen LogP contribution in [0.15, 0.2) is 30.6 Å². The summed E-state index contributed by atoms with van der Waals surface area (Å²) in [5.74, 6) is 1.55. The molecule has 0 amide bonds. The second-order valence-electron chi connectivity index (χ2n) is 4.91. The highest BCUT2D eigenvalue weighted by Gasteiger charge is 2.24. The van der Waals surface area contributed by atoms with Crippen molar-refractivity contribution in [3.8, 4) is 11.6 Å². The quantitative estimate of drug-likeness (QED) is 0.912. The molecule has 0 radical (unpaired) electrons. The maximum atomic E-state index is 5.82. The van der Waals surface area contributed by atoms with E-state index in [1.165, 1.54) is 11.9 Å². The lowest BCUT2D eigenvalue weighted by molar-refractivity contribution is 0.350. The van der Waals surface area contributed by atoms with E-state index in [1.807, 2.05) is 6.07 Å². The molecule has 1 aliphatic rings. The summed E-state index contributed by atoms with van der Waals surface area (Å²) in [6.07, 6.45) is 2.50. The summed E-state index contributed by atoms with van der Waals surface area (Å²) in [6.45, 7) is 3.66. The maximum Gasteiger partial charge on any atom is 0.216 e. The third-order valence-corrected chi connectivity index (χ3v) is 3.63. The number of para-hydroxylation sites is 1. The molecule has 0 aliphatic carbocycles. The number of ether oxygens (including phenoxy) is 2. The molecule has 1 aromatic carbocycles. The third kappa shape index (κ3) is 2.69. The highest BCUT2D eigenvalue weighted by Crippen LogP contribution is 2.35. The molecule has 0 bridgehead atoms. The fraction of sp³-hybridized carbons (Fsp3) is 0.375. The summed E-state index contributed by atoms with van der Waals surface area (Å²) in [7, 11) is 1.61. The topological polar surface area (TPSA) is 56.3 Å². The summed E-state index contributed by atoms with van der Waals surface area (Å²) in [5, 5.41) is 3.47. The summed E-state index contributed by atoms with van der Waals surface area (Å²) < 4.78 is 11.0. The van der Waals surface area contributed by atoms with E-state index in [9.17, 15) is 0 Å². The molecule has 21 heavy (non-hydrogen) atoms. The summed E-state index contributed by atoms with van der Waals surface area (Å²) >= 11 is 0. The predicted molar refractivity (Wildman–Crippen MR) is 79.7 cm³/mol. The van der Waals surface area contributed by atoms with Crippen LogP contribution in [-0.4, -0.2) is 30.2 Å². The smallest absolute Gasteiger partial charge is 0.216 e. The molecule has 1 aliphatic heterocycles. The second-order valence-corrected chi connectivity index (χ2v) is 4.91. The molecule has 1 N–H and O–H groups in total. The molecule has 1 atom stereocenters. The predicted octanol–water partition coefficient (Wildman–Crippen LogP) is 2.12. The van der Waals surface area contributed by atoms with E-state index in [2.05, 4.69) is 40.4 Å². The van der Waals surface area contributed by atoms with Crippen molar-refractivity contribution in [1.82, 2.24) is 15.3 Å². The Labute approximate surface area is 124 Å². The number of nitrogens with one attached hydrogen (secondary N) is 1. The minimum atomic E-state index is -0.0278. The first-order valence-electron chi connectivity index (χ1n) is 7.17. The van der Waals surface area contributed by atoms with Crippen molar-refractivity contribution < 1.29 is 9.47 Å². The first-order valence-corrected chi connectivity index (χ1v) is 7.17. The Morgan fingerprint density at radius 2 is 2.29 bits per heavy atom. The molecular formula is C16H19N3O2. The zero-order chi connectivity index (χ0) is 14.7. The van der Waals surface area contributed by atoms with E-state index in [1.54, 1.807) is 7.11 Å². The van der Waals surface area contributed by atoms with Crippen molar-refractivity contribution in [3.05, 3.63) is 47.4 Å². The fourth-order valence-electron chi connectivity index (χ4n) is 2.67. The van der Waals surface area contributed by atoms with Crippen molar-refractivity contribution in [1.29, 1.82) is 0 Å². The molecule has 3 rings (SSSR count). The van der Waals surface area contributed by atoms with Gasteiger partial charge in [0.25, 0.3) is 0 Å². The number of hydrogen-bond acceptors (Lipinski definition) is 5. The average molecular weight is 285 g/mol. The van der Waals surface area contributed by atoms with Crippen LogP contribution in [0, 0.1) is 0 Å². The van der Waals surface area contributed by atoms with E-state index in [-0.39, 0.29) is 6.04 Å². The highest BCUT2D eigenvalue weighted by atomic mass is 16.5.